The number of benzene rings is 1. The van der Waals surface area contributed by atoms with Crippen LogP contribution in [0.2, 0.25) is 0 Å². The molecule has 0 fully saturated rings. The van der Waals surface area contributed by atoms with E-state index in [4.69, 9.17) is 0 Å². The summed E-state index contributed by atoms with van der Waals surface area (Å²) >= 11 is 0. The molecule has 0 aliphatic rings. The molecule has 3 nitrogen and oxygen atoms in total. The van der Waals surface area contributed by atoms with Gasteiger partial charge < -0.3 is 9.88 Å². The van der Waals surface area contributed by atoms with Crippen LogP contribution in [0.25, 0.3) is 0 Å². The Morgan fingerprint density at radius 2 is 2.06 bits per heavy atom. The highest BCUT2D eigenvalue weighted by Gasteiger charge is 2.11. The number of aromatic nitrogens is 1. The topological polar surface area (TPSA) is 34.0 Å². The number of aryl methyl sites for hydroxylation is 1. The number of nitrogens with one attached hydrogen (secondary N) is 1. The number of hydrogen-bond donors (Lipinski definition) is 1. The summed E-state index contributed by atoms with van der Waals surface area (Å²) in [6.45, 7) is 0. The van der Waals surface area contributed by atoms with Crippen LogP contribution in [0.15, 0.2) is 36.5 Å². The van der Waals surface area contributed by atoms with Gasteiger partial charge in [-0.3, -0.25) is 4.79 Å². The van der Waals surface area contributed by atoms with E-state index >= 15 is 0 Å². The minimum atomic E-state index is -0.799. The third-order valence-electron chi connectivity index (χ3n) is 2.36. The van der Waals surface area contributed by atoms with Gasteiger partial charge in [-0.2, -0.15) is 0 Å². The van der Waals surface area contributed by atoms with Gasteiger partial charge in [0, 0.05) is 19.3 Å². The van der Waals surface area contributed by atoms with Gasteiger partial charge in [-0.15, -0.1) is 0 Å². The molecule has 1 aromatic heterocycles. The number of nitrogens with zero attached hydrogens (tertiary/aromatic N) is 1. The molecule has 5 heteroatoms. The van der Waals surface area contributed by atoms with E-state index in [0.717, 1.165) is 12.1 Å². The Morgan fingerprint density at radius 3 is 2.65 bits per heavy atom. The average molecular weight is 236 g/mol. The van der Waals surface area contributed by atoms with Crippen LogP contribution < -0.4 is 5.32 Å². The first-order valence-corrected chi connectivity index (χ1v) is 4.95. The van der Waals surface area contributed by atoms with E-state index in [0.29, 0.717) is 5.69 Å². The van der Waals surface area contributed by atoms with Crippen LogP contribution in [0.3, 0.4) is 0 Å². The minimum absolute atomic E-state index is 0.0439. The molecule has 0 saturated heterocycles. The van der Waals surface area contributed by atoms with Gasteiger partial charge in [0.1, 0.15) is 17.3 Å². The van der Waals surface area contributed by atoms with Crippen molar-refractivity contribution in [1.29, 1.82) is 0 Å². The lowest BCUT2D eigenvalue weighted by Gasteiger charge is -2.07. The third kappa shape index (κ3) is 2.33. The molecule has 88 valence electrons. The maximum absolute atomic E-state index is 13.3. The highest BCUT2D eigenvalue weighted by molar-refractivity contribution is 6.03. The Balaban J connectivity index is 2.22. The highest BCUT2D eigenvalue weighted by Crippen LogP contribution is 2.16. The Hall–Kier alpha value is -2.17. The minimum Gasteiger partial charge on any atom is -0.347 e. The summed E-state index contributed by atoms with van der Waals surface area (Å²) in [5, 5.41) is 2.38. The molecule has 1 N–H and O–H groups in total. The van der Waals surface area contributed by atoms with Crippen LogP contribution in [0.5, 0.6) is 0 Å². The summed E-state index contributed by atoms with van der Waals surface area (Å²) in [6.07, 6.45) is 1.70. The van der Waals surface area contributed by atoms with Gasteiger partial charge in [-0.05, 0) is 24.3 Å². The standard InChI is InChI=1S/C12H10F2N2O/c1-16-6-2-3-11(16)12(17)15-10-5-4-8(13)7-9(10)14/h2-7H,1H3,(H,15,17). The third-order valence-corrected chi connectivity index (χ3v) is 2.36. The Bertz CT molecular complexity index is 563. The van der Waals surface area contributed by atoms with E-state index in [2.05, 4.69) is 5.32 Å². The first kappa shape index (κ1) is 11.3. The predicted molar refractivity (Wildman–Crippen MR) is 59.7 cm³/mol. The molecular weight excluding hydrogens is 226 g/mol. The SMILES string of the molecule is Cn1cccc1C(=O)Nc1ccc(F)cc1F. The number of carbonyl (C=O) groups excluding carboxylic acids is 1. The molecule has 1 aromatic carbocycles. The van der Waals surface area contributed by atoms with Crippen LogP contribution >= 0.6 is 0 Å². The first-order chi connectivity index (χ1) is 8.08. The molecule has 17 heavy (non-hydrogen) atoms. The second-order valence-corrected chi connectivity index (χ2v) is 3.58. The summed E-state index contributed by atoms with van der Waals surface area (Å²) in [4.78, 5) is 11.7. The molecule has 0 spiro atoms. The second kappa shape index (κ2) is 4.37. The van der Waals surface area contributed by atoms with Gasteiger partial charge >= 0.3 is 0 Å². The molecule has 2 aromatic rings. The fourth-order valence-corrected chi connectivity index (χ4v) is 1.47. The summed E-state index contributed by atoms with van der Waals surface area (Å²) in [6, 6.07) is 6.31. The van der Waals surface area contributed by atoms with Crippen molar-refractivity contribution in [3.63, 3.8) is 0 Å². The summed E-state index contributed by atoms with van der Waals surface area (Å²) in [5.41, 5.74) is 0.353. The van der Waals surface area contributed by atoms with E-state index in [-0.39, 0.29) is 5.69 Å². The van der Waals surface area contributed by atoms with Gasteiger partial charge in [-0.25, -0.2) is 8.78 Å². The van der Waals surface area contributed by atoms with Crippen LogP contribution in [0.1, 0.15) is 10.5 Å². The molecule has 0 atom stereocenters. The van der Waals surface area contributed by atoms with E-state index in [9.17, 15) is 13.6 Å². The maximum atomic E-state index is 13.3. The number of halogens is 2. The highest BCUT2D eigenvalue weighted by atomic mass is 19.1. The van der Waals surface area contributed by atoms with Crippen LogP contribution in [-0.2, 0) is 7.05 Å². The predicted octanol–water partition coefficient (Wildman–Crippen LogP) is 2.56. The lowest BCUT2D eigenvalue weighted by molar-refractivity contribution is 0.101. The van der Waals surface area contributed by atoms with Crippen molar-refractivity contribution in [1.82, 2.24) is 4.57 Å². The molecule has 0 radical (unpaired) electrons. The lowest BCUT2D eigenvalue weighted by Crippen LogP contribution is -2.16. The van der Waals surface area contributed by atoms with Crippen molar-refractivity contribution in [2.24, 2.45) is 7.05 Å². The molecule has 0 aliphatic carbocycles. The number of amides is 1. The lowest BCUT2D eigenvalue weighted by atomic mass is 10.3. The van der Waals surface area contributed by atoms with E-state index in [1.165, 1.54) is 6.07 Å². The van der Waals surface area contributed by atoms with E-state index in [1.54, 1.807) is 29.9 Å². The van der Waals surface area contributed by atoms with Crippen molar-refractivity contribution >= 4 is 11.6 Å². The first-order valence-electron chi connectivity index (χ1n) is 4.95. The maximum Gasteiger partial charge on any atom is 0.272 e. The monoisotopic (exact) mass is 236 g/mol. The van der Waals surface area contributed by atoms with Gasteiger partial charge in [0.15, 0.2) is 0 Å². The van der Waals surface area contributed by atoms with Gasteiger partial charge in [0.2, 0.25) is 0 Å². The molecule has 2 rings (SSSR count). The van der Waals surface area contributed by atoms with Gasteiger partial charge in [0.05, 0.1) is 5.69 Å². The second-order valence-electron chi connectivity index (χ2n) is 3.58. The molecule has 1 amide bonds. The summed E-state index contributed by atoms with van der Waals surface area (Å²) < 4.78 is 27.6. The molecule has 1 heterocycles. The Morgan fingerprint density at radius 1 is 1.29 bits per heavy atom. The molecule has 0 aliphatic heterocycles. The van der Waals surface area contributed by atoms with E-state index < -0.39 is 17.5 Å². The fourth-order valence-electron chi connectivity index (χ4n) is 1.47. The Kier molecular flexibility index (Phi) is 2.91. The quantitative estimate of drug-likeness (QED) is 0.854. The van der Waals surface area contributed by atoms with Gasteiger partial charge in [-0.1, -0.05) is 0 Å². The Labute approximate surface area is 96.7 Å². The summed E-state index contributed by atoms with van der Waals surface area (Å²) in [5.74, 6) is -1.92. The number of hydrogen-bond acceptors (Lipinski definition) is 1. The summed E-state index contributed by atoms with van der Waals surface area (Å²) in [7, 11) is 1.70. The normalized spacial score (nSPS) is 10.3. The fraction of sp³-hybridized carbons (Fsp3) is 0.0833. The van der Waals surface area contributed by atoms with Crippen molar-refractivity contribution in [3.05, 3.63) is 53.9 Å². The van der Waals surface area contributed by atoms with Crippen molar-refractivity contribution in [2.75, 3.05) is 5.32 Å². The van der Waals surface area contributed by atoms with E-state index in [1.807, 2.05) is 0 Å². The van der Waals surface area contributed by atoms with Crippen molar-refractivity contribution in [3.8, 4) is 0 Å². The van der Waals surface area contributed by atoms with Crippen molar-refractivity contribution in [2.45, 2.75) is 0 Å². The molecular formula is C12H10F2N2O. The van der Waals surface area contributed by atoms with Gasteiger partial charge in [0.25, 0.3) is 5.91 Å². The largest absolute Gasteiger partial charge is 0.347 e. The van der Waals surface area contributed by atoms with Crippen LogP contribution in [-0.4, -0.2) is 10.5 Å². The van der Waals surface area contributed by atoms with Crippen LogP contribution in [0, 0.1) is 11.6 Å². The number of rotatable bonds is 2. The van der Waals surface area contributed by atoms with Crippen LogP contribution in [0.4, 0.5) is 14.5 Å². The zero-order valence-electron chi connectivity index (χ0n) is 9.08. The molecule has 0 bridgehead atoms. The zero-order valence-corrected chi connectivity index (χ0v) is 9.08. The zero-order chi connectivity index (χ0) is 12.4. The number of carbonyl (C=O) groups is 1. The molecule has 0 unspecified atom stereocenters. The number of anilines is 1. The average Bonchev–Trinajstić information content (AvgIpc) is 2.68. The smallest absolute Gasteiger partial charge is 0.272 e. The van der Waals surface area contributed by atoms with Crippen molar-refractivity contribution < 1.29 is 13.6 Å². The molecule has 0 saturated carbocycles.